The Hall–Kier alpha value is -3.00. The first-order valence-corrected chi connectivity index (χ1v) is 10.5. The normalized spacial score (nSPS) is 12.6. The molecule has 1 aromatic heterocycles. The van der Waals surface area contributed by atoms with E-state index in [0.717, 1.165) is 23.1 Å². The summed E-state index contributed by atoms with van der Waals surface area (Å²) < 4.78 is 39.6. The predicted octanol–water partition coefficient (Wildman–Crippen LogP) is 3.54. The summed E-state index contributed by atoms with van der Waals surface area (Å²) in [6.45, 7) is 3.32. The summed E-state index contributed by atoms with van der Waals surface area (Å²) in [5.41, 5.74) is 1.20. The molecule has 0 aliphatic heterocycles. The molecule has 0 aliphatic rings. The number of aromatic nitrogens is 1. The van der Waals surface area contributed by atoms with Gasteiger partial charge in [-0.3, -0.25) is 14.5 Å². The topological polar surface area (TPSA) is 88.2 Å². The number of carbonyl (C=O) groups excluding carboxylic acids is 1. The molecule has 0 radical (unpaired) electrons. The Bertz CT molecular complexity index is 1160. The van der Waals surface area contributed by atoms with Gasteiger partial charge in [-0.1, -0.05) is 24.3 Å². The van der Waals surface area contributed by atoms with Gasteiger partial charge in [-0.25, -0.2) is 12.8 Å². The number of nitrogens with zero attached hydrogens (tertiary/aromatic N) is 1. The summed E-state index contributed by atoms with van der Waals surface area (Å²) >= 11 is 0. The summed E-state index contributed by atoms with van der Waals surface area (Å²) in [5, 5.41) is 4.53. The second kappa shape index (κ2) is 7.55. The van der Waals surface area contributed by atoms with Crippen LogP contribution in [0.5, 0.6) is 0 Å². The Morgan fingerprint density at radius 1 is 1.14 bits per heavy atom. The fourth-order valence-electron chi connectivity index (χ4n) is 2.90. The lowest BCUT2D eigenvalue weighted by Crippen LogP contribution is -2.28. The zero-order valence-corrected chi connectivity index (χ0v) is 16.5. The number of benzene rings is 2. The number of hydrogen-bond donors (Lipinski definition) is 2. The highest BCUT2D eigenvalue weighted by atomic mass is 32.2. The van der Waals surface area contributed by atoms with Crippen LogP contribution in [0.4, 0.5) is 10.1 Å². The summed E-state index contributed by atoms with van der Waals surface area (Å²) in [7, 11) is -3.52. The molecule has 1 heterocycles. The maximum absolute atomic E-state index is 14.5. The minimum atomic E-state index is -3.52. The van der Waals surface area contributed by atoms with Crippen LogP contribution in [0.15, 0.2) is 48.7 Å². The number of sulfonamides is 1. The molecule has 0 bridgehead atoms. The van der Waals surface area contributed by atoms with Crippen molar-refractivity contribution in [3.63, 3.8) is 0 Å². The van der Waals surface area contributed by atoms with E-state index < -0.39 is 27.8 Å². The number of carbonyl (C=O) groups is 1. The minimum absolute atomic E-state index is 0.165. The van der Waals surface area contributed by atoms with Crippen molar-refractivity contribution in [2.24, 2.45) is 0 Å². The van der Waals surface area contributed by atoms with Gasteiger partial charge in [-0.05, 0) is 43.0 Å². The van der Waals surface area contributed by atoms with Crippen LogP contribution in [-0.2, 0) is 10.0 Å². The molecule has 28 heavy (non-hydrogen) atoms. The molecule has 6 nitrogen and oxygen atoms in total. The summed E-state index contributed by atoms with van der Waals surface area (Å²) in [6.07, 6.45) is 2.61. The zero-order chi connectivity index (χ0) is 20.5. The van der Waals surface area contributed by atoms with Crippen LogP contribution in [-0.4, -0.2) is 25.6 Å². The molecule has 0 saturated carbocycles. The molecule has 1 amide bonds. The van der Waals surface area contributed by atoms with Crippen molar-refractivity contribution in [1.82, 2.24) is 10.3 Å². The Labute approximate surface area is 162 Å². The van der Waals surface area contributed by atoms with E-state index in [2.05, 4.69) is 15.0 Å². The van der Waals surface area contributed by atoms with Crippen LogP contribution in [0, 0.1) is 12.7 Å². The third kappa shape index (κ3) is 4.45. The standard InChI is InChI=1S/C20H20FN3O3S/c1-12-8-16(17(21)10-18(12)24-28(3,26)27)13(2)23-20(25)19-9-14-6-4-5-7-15(14)11-22-19/h4-11,13,24H,1-3H3,(H,23,25)/t13-/m1/s1. The molecular formula is C20H20FN3O3S. The van der Waals surface area contributed by atoms with Crippen molar-refractivity contribution < 1.29 is 17.6 Å². The van der Waals surface area contributed by atoms with Gasteiger partial charge in [0.25, 0.3) is 5.91 Å². The van der Waals surface area contributed by atoms with Crippen molar-refractivity contribution >= 4 is 32.4 Å². The van der Waals surface area contributed by atoms with Gasteiger partial charge in [0.15, 0.2) is 0 Å². The number of halogens is 1. The number of hydrogen-bond acceptors (Lipinski definition) is 4. The molecule has 1 atom stereocenters. The number of aryl methyl sites for hydroxylation is 1. The Kier molecular flexibility index (Phi) is 5.33. The number of nitrogens with one attached hydrogen (secondary N) is 2. The van der Waals surface area contributed by atoms with Crippen LogP contribution in [0.25, 0.3) is 10.8 Å². The van der Waals surface area contributed by atoms with Crippen molar-refractivity contribution in [2.75, 3.05) is 11.0 Å². The molecule has 3 aromatic rings. The van der Waals surface area contributed by atoms with Crippen molar-refractivity contribution in [3.05, 3.63) is 71.3 Å². The lowest BCUT2D eigenvalue weighted by atomic mass is 10.0. The first-order valence-electron chi connectivity index (χ1n) is 8.57. The molecule has 0 aliphatic carbocycles. The van der Waals surface area contributed by atoms with Crippen LogP contribution in [0.3, 0.4) is 0 Å². The van der Waals surface area contributed by atoms with Gasteiger partial charge < -0.3 is 5.32 Å². The molecular weight excluding hydrogens is 381 g/mol. The molecule has 3 rings (SSSR count). The SMILES string of the molecule is Cc1cc([C@@H](C)NC(=O)c2cc3ccccc3cn2)c(F)cc1NS(C)(=O)=O. The van der Waals surface area contributed by atoms with E-state index in [9.17, 15) is 17.6 Å². The molecule has 2 aromatic carbocycles. The average Bonchev–Trinajstić information content (AvgIpc) is 2.62. The Morgan fingerprint density at radius 2 is 1.82 bits per heavy atom. The predicted molar refractivity (Wildman–Crippen MR) is 107 cm³/mol. The average molecular weight is 401 g/mol. The number of fused-ring (bicyclic) bond motifs is 1. The summed E-state index contributed by atoms with van der Waals surface area (Å²) in [4.78, 5) is 16.7. The molecule has 146 valence electrons. The number of amides is 1. The van der Waals surface area contributed by atoms with E-state index in [-0.39, 0.29) is 16.9 Å². The fraction of sp³-hybridized carbons (Fsp3) is 0.200. The molecule has 2 N–H and O–H groups in total. The van der Waals surface area contributed by atoms with E-state index in [4.69, 9.17) is 0 Å². The van der Waals surface area contributed by atoms with Gasteiger partial charge in [-0.15, -0.1) is 0 Å². The zero-order valence-electron chi connectivity index (χ0n) is 15.7. The van der Waals surface area contributed by atoms with Gasteiger partial charge in [0.2, 0.25) is 10.0 Å². The maximum atomic E-state index is 14.5. The molecule has 0 saturated heterocycles. The Morgan fingerprint density at radius 3 is 2.50 bits per heavy atom. The van der Waals surface area contributed by atoms with Crippen molar-refractivity contribution in [1.29, 1.82) is 0 Å². The first-order chi connectivity index (χ1) is 13.1. The third-order valence-corrected chi connectivity index (χ3v) is 4.91. The highest BCUT2D eigenvalue weighted by Crippen LogP contribution is 2.25. The van der Waals surface area contributed by atoms with Crippen molar-refractivity contribution in [2.45, 2.75) is 19.9 Å². The van der Waals surface area contributed by atoms with Crippen LogP contribution < -0.4 is 10.0 Å². The van der Waals surface area contributed by atoms with Crippen LogP contribution in [0.2, 0.25) is 0 Å². The van der Waals surface area contributed by atoms with E-state index in [1.54, 1.807) is 26.1 Å². The minimum Gasteiger partial charge on any atom is -0.344 e. The number of pyridine rings is 1. The quantitative estimate of drug-likeness (QED) is 0.684. The lowest BCUT2D eigenvalue weighted by molar-refractivity contribution is 0.0934. The van der Waals surface area contributed by atoms with Gasteiger partial charge in [0.05, 0.1) is 18.0 Å². The third-order valence-electron chi connectivity index (χ3n) is 4.32. The lowest BCUT2D eigenvalue weighted by Gasteiger charge is -2.17. The van der Waals surface area contributed by atoms with Gasteiger partial charge in [0.1, 0.15) is 11.5 Å². The van der Waals surface area contributed by atoms with E-state index in [1.165, 1.54) is 6.07 Å². The Balaban J connectivity index is 1.82. The number of rotatable bonds is 5. The highest BCUT2D eigenvalue weighted by Gasteiger charge is 2.18. The fourth-order valence-corrected chi connectivity index (χ4v) is 3.52. The highest BCUT2D eigenvalue weighted by molar-refractivity contribution is 7.92. The van der Waals surface area contributed by atoms with Gasteiger partial charge in [0, 0.05) is 17.1 Å². The second-order valence-electron chi connectivity index (χ2n) is 6.67. The van der Waals surface area contributed by atoms with E-state index >= 15 is 0 Å². The summed E-state index contributed by atoms with van der Waals surface area (Å²) in [5.74, 6) is -1.04. The van der Waals surface area contributed by atoms with Gasteiger partial charge >= 0.3 is 0 Å². The smallest absolute Gasteiger partial charge is 0.270 e. The van der Waals surface area contributed by atoms with E-state index in [1.807, 2.05) is 24.3 Å². The first kappa shape index (κ1) is 19.8. The summed E-state index contributed by atoms with van der Waals surface area (Å²) in [6, 6.07) is 11.2. The maximum Gasteiger partial charge on any atom is 0.270 e. The largest absolute Gasteiger partial charge is 0.344 e. The van der Waals surface area contributed by atoms with Crippen LogP contribution in [0.1, 0.15) is 34.6 Å². The van der Waals surface area contributed by atoms with Crippen molar-refractivity contribution in [3.8, 4) is 0 Å². The monoisotopic (exact) mass is 401 g/mol. The molecule has 0 spiro atoms. The molecule has 0 unspecified atom stereocenters. The van der Waals surface area contributed by atoms with E-state index in [0.29, 0.717) is 5.56 Å². The number of anilines is 1. The molecule has 0 fully saturated rings. The molecule has 8 heteroatoms. The van der Waals surface area contributed by atoms with Crippen LogP contribution >= 0.6 is 0 Å². The van der Waals surface area contributed by atoms with Gasteiger partial charge in [-0.2, -0.15) is 0 Å². The second-order valence-corrected chi connectivity index (χ2v) is 8.42.